The number of hydrazine groups is 1. The first-order chi connectivity index (χ1) is 10.5. The molecular weight excluding hydrogens is 327 g/mol. The van der Waals surface area contributed by atoms with Crippen LogP contribution in [0.25, 0.3) is 0 Å². The van der Waals surface area contributed by atoms with Crippen LogP contribution in [0.1, 0.15) is 12.8 Å². The van der Waals surface area contributed by atoms with Crippen LogP contribution in [-0.2, 0) is 9.59 Å². The normalized spacial score (nSPS) is 18.8. The highest BCUT2D eigenvalue weighted by Gasteiger charge is 2.26. The summed E-state index contributed by atoms with van der Waals surface area (Å²) < 4.78 is 0. The Morgan fingerprint density at radius 2 is 2.14 bits per heavy atom. The van der Waals surface area contributed by atoms with Crippen molar-refractivity contribution in [3.63, 3.8) is 0 Å². The van der Waals surface area contributed by atoms with Crippen molar-refractivity contribution in [2.75, 3.05) is 25.0 Å². The number of hydrogen-bond acceptors (Lipinski definition) is 4. The van der Waals surface area contributed by atoms with Crippen LogP contribution in [0.5, 0.6) is 0 Å². The number of benzene rings is 1. The third-order valence-electron chi connectivity index (χ3n) is 3.59. The third kappa shape index (κ3) is 4.58. The first kappa shape index (κ1) is 17.0. The molecule has 0 aliphatic carbocycles. The number of anilines is 1. The molecule has 0 saturated carbocycles. The predicted molar refractivity (Wildman–Crippen MR) is 86.6 cm³/mol. The summed E-state index contributed by atoms with van der Waals surface area (Å²) in [6.07, 6.45) is 1.63. The van der Waals surface area contributed by atoms with Crippen LogP contribution in [-0.4, -0.2) is 36.3 Å². The molecule has 1 saturated heterocycles. The lowest BCUT2D eigenvalue weighted by atomic mass is 9.97. The van der Waals surface area contributed by atoms with E-state index in [2.05, 4.69) is 10.7 Å². The number of nitrogens with two attached hydrogens (primary N) is 1. The summed E-state index contributed by atoms with van der Waals surface area (Å²) in [5.74, 6) is 4.59. The fraction of sp³-hybridized carbons (Fsp3) is 0.429. The van der Waals surface area contributed by atoms with Crippen LogP contribution in [0.4, 0.5) is 5.69 Å². The summed E-state index contributed by atoms with van der Waals surface area (Å²) in [6.45, 7) is 1.47. The number of rotatable bonds is 4. The minimum atomic E-state index is -0.196. The number of hydrogen-bond donors (Lipinski definition) is 3. The first-order valence-corrected chi connectivity index (χ1v) is 7.73. The zero-order valence-electron chi connectivity index (χ0n) is 11.9. The van der Waals surface area contributed by atoms with E-state index in [9.17, 15) is 9.59 Å². The molecule has 22 heavy (non-hydrogen) atoms. The van der Waals surface area contributed by atoms with Gasteiger partial charge in [-0.25, -0.2) is 5.84 Å². The summed E-state index contributed by atoms with van der Waals surface area (Å²) in [5, 5.41) is 3.66. The van der Waals surface area contributed by atoms with Gasteiger partial charge in [-0.15, -0.1) is 0 Å². The highest BCUT2D eigenvalue weighted by Crippen LogP contribution is 2.25. The largest absolute Gasteiger partial charge is 0.324 e. The average molecular weight is 345 g/mol. The number of nitrogens with one attached hydrogen (secondary N) is 2. The summed E-state index contributed by atoms with van der Waals surface area (Å²) in [4.78, 5) is 25.6. The van der Waals surface area contributed by atoms with Gasteiger partial charge >= 0.3 is 0 Å². The Morgan fingerprint density at radius 3 is 2.86 bits per heavy atom. The topological polar surface area (TPSA) is 87.5 Å². The van der Waals surface area contributed by atoms with Gasteiger partial charge in [0.15, 0.2) is 0 Å². The van der Waals surface area contributed by atoms with Gasteiger partial charge in [0, 0.05) is 11.6 Å². The van der Waals surface area contributed by atoms with Crippen molar-refractivity contribution >= 4 is 40.7 Å². The highest BCUT2D eigenvalue weighted by molar-refractivity contribution is 6.35. The monoisotopic (exact) mass is 344 g/mol. The van der Waals surface area contributed by atoms with E-state index in [-0.39, 0.29) is 24.3 Å². The van der Waals surface area contributed by atoms with E-state index < -0.39 is 0 Å². The van der Waals surface area contributed by atoms with Gasteiger partial charge < -0.3 is 5.32 Å². The maximum atomic E-state index is 12.1. The number of halogens is 2. The van der Waals surface area contributed by atoms with Crippen LogP contribution in [0, 0.1) is 5.92 Å². The van der Waals surface area contributed by atoms with E-state index in [1.165, 1.54) is 0 Å². The third-order valence-corrected chi connectivity index (χ3v) is 4.15. The van der Waals surface area contributed by atoms with Crippen molar-refractivity contribution in [3.05, 3.63) is 28.2 Å². The Kier molecular flexibility index (Phi) is 6.02. The molecule has 2 rings (SSSR count). The summed E-state index contributed by atoms with van der Waals surface area (Å²) in [5.41, 5.74) is 2.64. The van der Waals surface area contributed by atoms with E-state index in [0.717, 1.165) is 19.4 Å². The average Bonchev–Trinajstić information content (AvgIpc) is 2.50. The molecular formula is C14H18Cl2N4O2. The van der Waals surface area contributed by atoms with Crippen molar-refractivity contribution in [3.8, 4) is 0 Å². The van der Waals surface area contributed by atoms with Gasteiger partial charge in [-0.2, -0.15) is 0 Å². The van der Waals surface area contributed by atoms with Crippen molar-refractivity contribution in [1.29, 1.82) is 0 Å². The molecule has 1 aliphatic rings. The molecule has 2 amide bonds. The molecule has 120 valence electrons. The first-order valence-electron chi connectivity index (χ1n) is 6.97. The quantitative estimate of drug-likeness (QED) is 0.440. The Hall–Kier alpha value is -1.34. The summed E-state index contributed by atoms with van der Waals surface area (Å²) >= 11 is 11.9. The fourth-order valence-electron chi connectivity index (χ4n) is 2.52. The molecule has 0 spiro atoms. The Labute approximate surface area is 138 Å². The van der Waals surface area contributed by atoms with E-state index in [4.69, 9.17) is 29.0 Å². The van der Waals surface area contributed by atoms with Crippen LogP contribution in [0.15, 0.2) is 18.2 Å². The standard InChI is InChI=1S/C14H18Cl2N4O2/c15-10-3-4-11(16)12(6-10)18-13(21)8-20-5-1-2-9(7-20)14(22)19-17/h3-4,6,9H,1-2,5,7-8,17H2,(H,18,21)(H,19,22)/t9-/m1/s1. The lowest BCUT2D eigenvalue weighted by Gasteiger charge is -2.31. The van der Waals surface area contributed by atoms with E-state index in [1.807, 2.05) is 4.90 Å². The summed E-state index contributed by atoms with van der Waals surface area (Å²) in [7, 11) is 0. The second-order valence-corrected chi connectivity index (χ2v) is 6.10. The number of likely N-dealkylation sites (tertiary alicyclic amines) is 1. The van der Waals surface area contributed by atoms with Crippen molar-refractivity contribution in [2.24, 2.45) is 11.8 Å². The molecule has 8 heteroatoms. The van der Waals surface area contributed by atoms with Crippen molar-refractivity contribution < 1.29 is 9.59 Å². The number of nitrogens with zero attached hydrogens (tertiary/aromatic N) is 1. The predicted octanol–water partition coefficient (Wildman–Crippen LogP) is 1.63. The number of carbonyl (C=O) groups is 2. The fourth-order valence-corrected chi connectivity index (χ4v) is 2.85. The summed E-state index contributed by atoms with van der Waals surface area (Å²) in [6, 6.07) is 4.88. The van der Waals surface area contributed by atoms with E-state index >= 15 is 0 Å². The maximum Gasteiger partial charge on any atom is 0.238 e. The zero-order valence-corrected chi connectivity index (χ0v) is 13.5. The number of carbonyl (C=O) groups excluding carboxylic acids is 2. The molecule has 6 nitrogen and oxygen atoms in total. The second-order valence-electron chi connectivity index (χ2n) is 5.26. The minimum Gasteiger partial charge on any atom is -0.324 e. The molecule has 4 N–H and O–H groups in total. The zero-order chi connectivity index (χ0) is 16.1. The SMILES string of the molecule is NNC(=O)[C@@H]1CCCN(CC(=O)Nc2cc(Cl)ccc2Cl)C1. The van der Waals surface area contributed by atoms with Gasteiger partial charge in [0.2, 0.25) is 11.8 Å². The number of amides is 2. The van der Waals surface area contributed by atoms with Gasteiger partial charge in [0.05, 0.1) is 23.2 Å². The van der Waals surface area contributed by atoms with Crippen LogP contribution in [0.3, 0.4) is 0 Å². The van der Waals surface area contributed by atoms with Gasteiger partial charge in [0.25, 0.3) is 0 Å². The molecule has 1 aliphatic heterocycles. The molecule has 0 aromatic heterocycles. The highest BCUT2D eigenvalue weighted by atomic mass is 35.5. The van der Waals surface area contributed by atoms with Crippen molar-refractivity contribution in [2.45, 2.75) is 12.8 Å². The van der Waals surface area contributed by atoms with E-state index in [0.29, 0.717) is 22.3 Å². The van der Waals surface area contributed by atoms with E-state index in [1.54, 1.807) is 18.2 Å². The molecule has 1 aromatic carbocycles. The maximum absolute atomic E-state index is 12.1. The van der Waals surface area contributed by atoms with Gasteiger partial charge in [-0.05, 0) is 37.6 Å². The Morgan fingerprint density at radius 1 is 1.36 bits per heavy atom. The molecule has 1 heterocycles. The molecule has 0 radical (unpaired) electrons. The molecule has 1 fully saturated rings. The molecule has 1 atom stereocenters. The van der Waals surface area contributed by atoms with Crippen LogP contribution < -0.4 is 16.6 Å². The smallest absolute Gasteiger partial charge is 0.238 e. The Balaban J connectivity index is 1.91. The molecule has 1 aromatic rings. The Bertz CT molecular complexity index is 568. The van der Waals surface area contributed by atoms with Crippen LogP contribution in [0.2, 0.25) is 10.0 Å². The van der Waals surface area contributed by atoms with Crippen molar-refractivity contribution in [1.82, 2.24) is 10.3 Å². The number of piperidine rings is 1. The van der Waals surface area contributed by atoms with Gasteiger partial charge in [0.1, 0.15) is 0 Å². The second kappa shape index (κ2) is 7.78. The molecule has 0 unspecified atom stereocenters. The molecule has 0 bridgehead atoms. The minimum absolute atomic E-state index is 0.179. The lowest BCUT2D eigenvalue weighted by molar-refractivity contribution is -0.128. The lowest BCUT2D eigenvalue weighted by Crippen LogP contribution is -2.46. The van der Waals surface area contributed by atoms with Crippen LogP contribution >= 0.6 is 23.2 Å². The van der Waals surface area contributed by atoms with Gasteiger partial charge in [-0.1, -0.05) is 23.2 Å². The van der Waals surface area contributed by atoms with Gasteiger partial charge in [-0.3, -0.25) is 19.9 Å².